The Bertz CT molecular complexity index is 762. The smallest absolute Gasteiger partial charge is 0.226 e. The molecule has 0 radical (unpaired) electrons. The summed E-state index contributed by atoms with van der Waals surface area (Å²) in [6.45, 7) is 11.1. The van der Waals surface area contributed by atoms with Crippen molar-refractivity contribution in [1.82, 2.24) is 4.90 Å². The molecule has 250 valence electrons. The minimum absolute atomic E-state index is 0. The topological polar surface area (TPSA) is 29.5 Å². The number of ether oxygens (including phenoxy) is 1. The predicted octanol–water partition coefficient (Wildman–Crippen LogP) is 7.45. The summed E-state index contributed by atoms with van der Waals surface area (Å²) < 4.78 is 7.14. The molecule has 4 nitrogen and oxygen atoms in total. The van der Waals surface area contributed by atoms with Gasteiger partial charge < -0.3 is 21.6 Å². The van der Waals surface area contributed by atoms with E-state index in [0.717, 1.165) is 63.4 Å². The van der Waals surface area contributed by atoms with Gasteiger partial charge in [-0.05, 0) is 19.3 Å². The number of quaternary nitrogens is 1. The first-order valence-electron chi connectivity index (χ1n) is 18.4. The molecule has 0 N–H and O–H groups in total. The van der Waals surface area contributed by atoms with Crippen molar-refractivity contribution < 1.29 is 26.4 Å². The zero-order valence-corrected chi connectivity index (χ0v) is 29.2. The summed E-state index contributed by atoms with van der Waals surface area (Å²) >= 11 is 0. The highest BCUT2D eigenvalue weighted by Crippen LogP contribution is 2.21. The van der Waals surface area contributed by atoms with Crippen molar-refractivity contribution in [1.29, 1.82) is 0 Å². The van der Waals surface area contributed by atoms with Crippen LogP contribution in [0.1, 0.15) is 161 Å². The number of halogens is 1. The van der Waals surface area contributed by atoms with E-state index in [1.165, 1.54) is 134 Å². The lowest BCUT2D eigenvalue weighted by atomic mass is 10.0. The fourth-order valence-corrected chi connectivity index (χ4v) is 6.61. The zero-order chi connectivity index (χ0) is 30.0. The van der Waals surface area contributed by atoms with Crippen molar-refractivity contribution >= 4 is 5.91 Å². The first-order chi connectivity index (χ1) is 20.7. The van der Waals surface area contributed by atoms with Gasteiger partial charge in [-0.2, -0.15) is 0 Å². The van der Waals surface area contributed by atoms with Gasteiger partial charge in [0.25, 0.3) is 0 Å². The second-order valence-electron chi connectivity index (χ2n) is 13.3. The SMILES string of the molecule is CCCCCCCCCCCCCCCCCCCCOCC[N+](CCCC)(Cc1ccccc1)CN1CCCC1=O.[Cl-]. The lowest BCUT2D eigenvalue weighted by Crippen LogP contribution is -3.00. The number of hydrogen-bond donors (Lipinski definition) is 0. The lowest BCUT2D eigenvalue weighted by Gasteiger charge is -2.41. The highest BCUT2D eigenvalue weighted by molar-refractivity contribution is 5.77. The fraction of sp³-hybridized carbons (Fsp3) is 0.816. The van der Waals surface area contributed by atoms with E-state index in [9.17, 15) is 4.79 Å². The van der Waals surface area contributed by atoms with Crippen LogP contribution in [0.25, 0.3) is 0 Å². The van der Waals surface area contributed by atoms with Crippen LogP contribution < -0.4 is 12.4 Å². The predicted molar refractivity (Wildman–Crippen MR) is 180 cm³/mol. The molecular weight excluding hydrogens is 552 g/mol. The Hall–Kier alpha value is -1.10. The average molecular weight is 621 g/mol. The third-order valence-corrected chi connectivity index (χ3v) is 9.34. The summed E-state index contributed by atoms with van der Waals surface area (Å²) in [6, 6.07) is 10.9. The molecule has 0 bridgehead atoms. The molecule has 0 saturated carbocycles. The van der Waals surface area contributed by atoms with E-state index >= 15 is 0 Å². The summed E-state index contributed by atoms with van der Waals surface area (Å²) in [5, 5.41) is 0. The van der Waals surface area contributed by atoms with E-state index in [2.05, 4.69) is 49.1 Å². The first kappa shape index (κ1) is 39.9. The molecule has 1 unspecified atom stereocenters. The highest BCUT2D eigenvalue weighted by Gasteiger charge is 2.33. The molecule has 5 heteroatoms. The van der Waals surface area contributed by atoms with E-state index in [-0.39, 0.29) is 12.4 Å². The number of unbranched alkanes of at least 4 members (excludes halogenated alkanes) is 18. The molecule has 1 saturated heterocycles. The van der Waals surface area contributed by atoms with E-state index in [0.29, 0.717) is 5.91 Å². The normalized spacial score (nSPS) is 14.7. The third-order valence-electron chi connectivity index (χ3n) is 9.34. The standard InChI is InChI=1S/C38H69N2O2.ClH/c1-3-5-7-8-9-10-11-12-13-14-15-16-17-18-19-20-21-25-33-42-34-32-40(31-6-4-2,35-37-27-23-22-24-28-37)36-39-30-26-29-38(39)41;/h22-24,27-28H,3-21,25-26,29-36H2,1-2H3;1H/q+1;/p-1. The van der Waals surface area contributed by atoms with Gasteiger partial charge in [0.15, 0.2) is 6.67 Å². The Morgan fingerprint density at radius 3 is 1.65 bits per heavy atom. The number of carbonyl (C=O) groups is 1. The van der Waals surface area contributed by atoms with E-state index in [1.54, 1.807) is 0 Å². The van der Waals surface area contributed by atoms with Gasteiger partial charge in [0.2, 0.25) is 5.91 Å². The van der Waals surface area contributed by atoms with Gasteiger partial charge in [-0.3, -0.25) is 9.69 Å². The summed E-state index contributed by atoms with van der Waals surface area (Å²) in [5.41, 5.74) is 1.36. The Labute approximate surface area is 273 Å². The van der Waals surface area contributed by atoms with Gasteiger partial charge in [0.1, 0.15) is 13.1 Å². The maximum atomic E-state index is 12.5. The molecule has 2 rings (SSSR count). The van der Waals surface area contributed by atoms with Crippen LogP contribution in [0.5, 0.6) is 0 Å². The molecule has 1 aliphatic heterocycles. The Morgan fingerprint density at radius 2 is 1.16 bits per heavy atom. The Morgan fingerprint density at radius 1 is 0.651 bits per heavy atom. The zero-order valence-electron chi connectivity index (χ0n) is 28.5. The molecule has 1 atom stereocenters. The highest BCUT2D eigenvalue weighted by atomic mass is 35.5. The largest absolute Gasteiger partial charge is 1.00 e. The van der Waals surface area contributed by atoms with Gasteiger partial charge in [-0.15, -0.1) is 0 Å². The van der Waals surface area contributed by atoms with Crippen molar-refractivity contribution in [3.8, 4) is 0 Å². The van der Waals surface area contributed by atoms with E-state index in [1.807, 2.05) is 0 Å². The second kappa shape index (κ2) is 27.2. The van der Waals surface area contributed by atoms with Crippen molar-refractivity contribution in [2.24, 2.45) is 0 Å². The quantitative estimate of drug-likeness (QED) is 0.0688. The van der Waals surface area contributed by atoms with Crippen LogP contribution >= 0.6 is 0 Å². The maximum absolute atomic E-state index is 12.5. The third kappa shape index (κ3) is 19.8. The molecule has 1 heterocycles. The number of hydrogen-bond acceptors (Lipinski definition) is 2. The number of rotatable bonds is 29. The van der Waals surface area contributed by atoms with Crippen LogP contribution in [-0.4, -0.2) is 54.8 Å². The monoisotopic (exact) mass is 621 g/mol. The molecule has 0 aromatic heterocycles. The van der Waals surface area contributed by atoms with Crippen LogP contribution in [0, 0.1) is 0 Å². The van der Waals surface area contributed by atoms with Crippen LogP contribution in [0.2, 0.25) is 0 Å². The average Bonchev–Trinajstić information content (AvgIpc) is 3.40. The number of carbonyl (C=O) groups excluding carboxylic acids is 1. The minimum Gasteiger partial charge on any atom is -1.00 e. The number of nitrogens with zero attached hydrogens (tertiary/aromatic N) is 2. The summed E-state index contributed by atoms with van der Waals surface area (Å²) in [5.74, 6) is 0.335. The van der Waals surface area contributed by atoms with Gasteiger partial charge in [-0.25, -0.2) is 0 Å². The van der Waals surface area contributed by atoms with Gasteiger partial charge >= 0.3 is 0 Å². The lowest BCUT2D eigenvalue weighted by molar-refractivity contribution is -0.949. The summed E-state index contributed by atoms with van der Waals surface area (Å²) in [7, 11) is 0. The van der Waals surface area contributed by atoms with Gasteiger partial charge in [-0.1, -0.05) is 160 Å². The molecular formula is C38H69ClN2O2. The van der Waals surface area contributed by atoms with Crippen LogP contribution in [0.3, 0.4) is 0 Å². The van der Waals surface area contributed by atoms with Gasteiger partial charge in [0.05, 0.1) is 13.2 Å². The Balaban J connectivity index is 0.00000924. The van der Waals surface area contributed by atoms with Crippen LogP contribution in [0.15, 0.2) is 30.3 Å². The van der Waals surface area contributed by atoms with Gasteiger partial charge in [0, 0.05) is 25.1 Å². The molecule has 1 fully saturated rings. The van der Waals surface area contributed by atoms with Crippen LogP contribution in [-0.2, 0) is 16.1 Å². The molecule has 0 spiro atoms. The molecule has 1 aromatic rings. The van der Waals surface area contributed by atoms with Crippen molar-refractivity contribution in [3.63, 3.8) is 0 Å². The minimum atomic E-state index is 0. The molecule has 1 aliphatic rings. The first-order valence-corrected chi connectivity index (χ1v) is 18.4. The van der Waals surface area contributed by atoms with E-state index in [4.69, 9.17) is 4.74 Å². The fourth-order valence-electron chi connectivity index (χ4n) is 6.61. The number of benzene rings is 1. The van der Waals surface area contributed by atoms with Crippen molar-refractivity contribution in [2.75, 3.05) is 39.5 Å². The second-order valence-corrected chi connectivity index (χ2v) is 13.3. The van der Waals surface area contributed by atoms with Crippen molar-refractivity contribution in [2.45, 2.75) is 162 Å². The molecule has 1 aromatic carbocycles. The van der Waals surface area contributed by atoms with E-state index < -0.39 is 0 Å². The molecule has 1 amide bonds. The Kier molecular flexibility index (Phi) is 25.3. The summed E-state index contributed by atoms with van der Waals surface area (Å²) in [6.07, 6.45) is 29.4. The van der Waals surface area contributed by atoms with Crippen LogP contribution in [0.4, 0.5) is 0 Å². The summed E-state index contributed by atoms with van der Waals surface area (Å²) in [4.78, 5) is 14.6. The maximum Gasteiger partial charge on any atom is 0.226 e. The molecule has 0 aliphatic carbocycles. The molecule has 43 heavy (non-hydrogen) atoms. The number of likely N-dealkylation sites (tertiary alicyclic amines) is 1. The van der Waals surface area contributed by atoms with Crippen molar-refractivity contribution in [3.05, 3.63) is 35.9 Å². The number of amides is 1.